The summed E-state index contributed by atoms with van der Waals surface area (Å²) in [5.74, 6) is 0.656. The van der Waals surface area contributed by atoms with Crippen molar-refractivity contribution in [3.05, 3.63) is 34.6 Å². The lowest BCUT2D eigenvalue weighted by Crippen LogP contribution is -1.95. The van der Waals surface area contributed by atoms with E-state index in [4.69, 9.17) is 0 Å². The number of pyridine rings is 1. The summed E-state index contributed by atoms with van der Waals surface area (Å²) in [5, 5.41) is 4.49. The highest BCUT2D eigenvalue weighted by molar-refractivity contribution is 9.10. The number of halogens is 1. The Morgan fingerprint density at radius 1 is 1.43 bits per heavy atom. The number of hydrogen-bond acceptors (Lipinski definition) is 1. The Labute approximate surface area is 92.1 Å². The quantitative estimate of drug-likeness (QED) is 0.802. The van der Waals surface area contributed by atoms with E-state index in [0.29, 0.717) is 5.92 Å². The van der Waals surface area contributed by atoms with Crippen LogP contribution in [0.1, 0.15) is 19.5 Å². The molecule has 0 aliphatic rings. The first kappa shape index (κ1) is 9.71. The largest absolute Gasteiger partial charge is 0.241 e. The van der Waals surface area contributed by atoms with E-state index in [-0.39, 0.29) is 0 Å². The Kier molecular flexibility index (Phi) is 2.59. The topological polar surface area (TPSA) is 17.3 Å². The molecule has 2 rings (SSSR count). The van der Waals surface area contributed by atoms with Gasteiger partial charge in [0.2, 0.25) is 0 Å². The van der Waals surface area contributed by atoms with Gasteiger partial charge in [0, 0.05) is 10.7 Å². The Balaban J connectivity index is 2.41. The number of hydrogen-bond donors (Lipinski definition) is 0. The Morgan fingerprint density at radius 2 is 2.21 bits per heavy atom. The van der Waals surface area contributed by atoms with Gasteiger partial charge in [0.05, 0.1) is 11.2 Å². The summed E-state index contributed by atoms with van der Waals surface area (Å²) in [6.07, 6.45) is 3.02. The maximum atomic E-state index is 4.49. The molecule has 0 aliphatic carbocycles. The molecule has 74 valence electrons. The van der Waals surface area contributed by atoms with E-state index in [9.17, 15) is 0 Å². The molecule has 0 fully saturated rings. The third-order valence-corrected chi connectivity index (χ3v) is 2.59. The van der Waals surface area contributed by atoms with Crippen LogP contribution in [0.4, 0.5) is 0 Å². The molecule has 3 heteroatoms. The SMILES string of the molecule is CC(C)Cc1cc2cc(Br)ccn2n1. The summed E-state index contributed by atoms with van der Waals surface area (Å²) in [6.45, 7) is 4.42. The van der Waals surface area contributed by atoms with Gasteiger partial charge in [-0.2, -0.15) is 5.10 Å². The van der Waals surface area contributed by atoms with Crippen LogP contribution in [-0.2, 0) is 6.42 Å². The highest BCUT2D eigenvalue weighted by Gasteiger charge is 2.03. The molecule has 0 bridgehead atoms. The third-order valence-electron chi connectivity index (χ3n) is 2.09. The van der Waals surface area contributed by atoms with E-state index in [1.54, 1.807) is 0 Å². The zero-order valence-electron chi connectivity index (χ0n) is 8.37. The van der Waals surface area contributed by atoms with Crippen molar-refractivity contribution in [2.45, 2.75) is 20.3 Å². The molecule has 2 aromatic rings. The smallest absolute Gasteiger partial charge is 0.0675 e. The van der Waals surface area contributed by atoms with Crippen LogP contribution >= 0.6 is 15.9 Å². The second kappa shape index (κ2) is 3.73. The predicted octanol–water partition coefficient (Wildman–Crippen LogP) is 3.30. The molecule has 0 spiro atoms. The molecule has 0 saturated carbocycles. The van der Waals surface area contributed by atoms with E-state index in [0.717, 1.165) is 22.1 Å². The molecule has 0 N–H and O–H groups in total. The molecule has 0 aliphatic heterocycles. The van der Waals surface area contributed by atoms with Gasteiger partial charge in [0.25, 0.3) is 0 Å². The van der Waals surface area contributed by atoms with E-state index in [1.807, 2.05) is 16.8 Å². The summed E-state index contributed by atoms with van der Waals surface area (Å²) in [5.41, 5.74) is 2.31. The summed E-state index contributed by atoms with van der Waals surface area (Å²) in [6, 6.07) is 6.22. The maximum Gasteiger partial charge on any atom is 0.0675 e. The normalized spacial score (nSPS) is 11.4. The minimum absolute atomic E-state index is 0.656. The van der Waals surface area contributed by atoms with Crippen molar-refractivity contribution in [3.8, 4) is 0 Å². The summed E-state index contributed by atoms with van der Waals surface area (Å²) in [4.78, 5) is 0. The van der Waals surface area contributed by atoms with Gasteiger partial charge in [-0.1, -0.05) is 29.8 Å². The molecule has 0 saturated heterocycles. The van der Waals surface area contributed by atoms with Crippen molar-refractivity contribution >= 4 is 21.4 Å². The van der Waals surface area contributed by atoms with Crippen LogP contribution in [0.3, 0.4) is 0 Å². The van der Waals surface area contributed by atoms with E-state index >= 15 is 0 Å². The zero-order chi connectivity index (χ0) is 10.1. The monoisotopic (exact) mass is 252 g/mol. The van der Waals surface area contributed by atoms with E-state index in [1.165, 1.54) is 0 Å². The van der Waals surface area contributed by atoms with Crippen molar-refractivity contribution in [2.24, 2.45) is 5.92 Å². The second-order valence-corrected chi connectivity index (χ2v) is 4.86. The number of rotatable bonds is 2. The molecular weight excluding hydrogens is 240 g/mol. The predicted molar refractivity (Wildman–Crippen MR) is 61.4 cm³/mol. The van der Waals surface area contributed by atoms with E-state index in [2.05, 4.69) is 47.0 Å². The van der Waals surface area contributed by atoms with Crippen molar-refractivity contribution in [3.63, 3.8) is 0 Å². The highest BCUT2D eigenvalue weighted by atomic mass is 79.9. The Hall–Kier alpha value is -0.830. The van der Waals surface area contributed by atoms with Gasteiger partial charge >= 0.3 is 0 Å². The van der Waals surface area contributed by atoms with Gasteiger partial charge in [0.1, 0.15) is 0 Å². The molecule has 2 nitrogen and oxygen atoms in total. The van der Waals surface area contributed by atoms with Crippen LogP contribution in [0, 0.1) is 5.92 Å². The van der Waals surface area contributed by atoms with Crippen LogP contribution < -0.4 is 0 Å². The fourth-order valence-corrected chi connectivity index (χ4v) is 1.89. The van der Waals surface area contributed by atoms with Crippen molar-refractivity contribution < 1.29 is 0 Å². The molecule has 2 aromatic heterocycles. The molecule has 2 heterocycles. The molecule has 0 atom stereocenters. The minimum Gasteiger partial charge on any atom is -0.241 e. The molecule has 0 aromatic carbocycles. The summed E-state index contributed by atoms with van der Waals surface area (Å²) >= 11 is 3.45. The van der Waals surface area contributed by atoms with Crippen molar-refractivity contribution in [1.82, 2.24) is 9.61 Å². The fraction of sp³-hybridized carbons (Fsp3) is 0.364. The standard InChI is InChI=1S/C11H13BrN2/c1-8(2)5-10-7-11-6-9(12)3-4-14(11)13-10/h3-4,6-8H,5H2,1-2H3. The van der Waals surface area contributed by atoms with Crippen molar-refractivity contribution in [2.75, 3.05) is 0 Å². The number of fused-ring (bicyclic) bond motifs is 1. The van der Waals surface area contributed by atoms with E-state index < -0.39 is 0 Å². The third kappa shape index (κ3) is 1.98. The minimum atomic E-state index is 0.656. The molecular formula is C11H13BrN2. The highest BCUT2D eigenvalue weighted by Crippen LogP contribution is 2.15. The van der Waals surface area contributed by atoms with Crippen LogP contribution in [-0.4, -0.2) is 9.61 Å². The average Bonchev–Trinajstić information content (AvgIpc) is 2.44. The summed E-state index contributed by atoms with van der Waals surface area (Å²) in [7, 11) is 0. The molecule has 0 radical (unpaired) electrons. The van der Waals surface area contributed by atoms with Gasteiger partial charge in [-0.3, -0.25) is 0 Å². The van der Waals surface area contributed by atoms with Gasteiger partial charge in [-0.05, 0) is 30.5 Å². The fourth-order valence-electron chi connectivity index (χ4n) is 1.54. The zero-order valence-corrected chi connectivity index (χ0v) is 9.95. The first-order valence-electron chi connectivity index (χ1n) is 4.79. The Bertz CT molecular complexity index is 445. The van der Waals surface area contributed by atoms with Crippen molar-refractivity contribution in [1.29, 1.82) is 0 Å². The van der Waals surface area contributed by atoms with Gasteiger partial charge in [-0.15, -0.1) is 0 Å². The van der Waals surface area contributed by atoms with Crippen LogP contribution in [0.2, 0.25) is 0 Å². The molecule has 0 amide bonds. The maximum absolute atomic E-state index is 4.49. The lowest BCUT2D eigenvalue weighted by Gasteiger charge is -1.98. The number of aromatic nitrogens is 2. The number of nitrogens with zero attached hydrogens (tertiary/aromatic N) is 2. The lowest BCUT2D eigenvalue weighted by atomic mass is 10.1. The van der Waals surface area contributed by atoms with Crippen LogP contribution in [0.15, 0.2) is 28.9 Å². The van der Waals surface area contributed by atoms with Gasteiger partial charge in [0.15, 0.2) is 0 Å². The lowest BCUT2D eigenvalue weighted by molar-refractivity contribution is 0.630. The van der Waals surface area contributed by atoms with Crippen LogP contribution in [0.5, 0.6) is 0 Å². The first-order valence-corrected chi connectivity index (χ1v) is 5.58. The molecule has 14 heavy (non-hydrogen) atoms. The Morgan fingerprint density at radius 3 is 2.93 bits per heavy atom. The van der Waals surface area contributed by atoms with Gasteiger partial charge in [-0.25, -0.2) is 4.52 Å². The van der Waals surface area contributed by atoms with Gasteiger partial charge < -0.3 is 0 Å². The molecule has 0 unspecified atom stereocenters. The first-order chi connectivity index (χ1) is 6.65. The second-order valence-electron chi connectivity index (χ2n) is 3.95. The average molecular weight is 253 g/mol. The summed E-state index contributed by atoms with van der Waals surface area (Å²) < 4.78 is 3.02. The van der Waals surface area contributed by atoms with Crippen LogP contribution in [0.25, 0.3) is 5.52 Å².